The predicted octanol–water partition coefficient (Wildman–Crippen LogP) is 0.808. The maximum Gasteiger partial charge on any atom is 0.279 e. The summed E-state index contributed by atoms with van der Waals surface area (Å²) in [6.07, 6.45) is 5.57. The van der Waals surface area contributed by atoms with E-state index in [0.29, 0.717) is 35.8 Å². The van der Waals surface area contributed by atoms with Gasteiger partial charge in [0.1, 0.15) is 17.0 Å². The van der Waals surface area contributed by atoms with Crippen molar-refractivity contribution in [2.24, 2.45) is 5.73 Å². The van der Waals surface area contributed by atoms with E-state index in [1.807, 2.05) is 0 Å². The Hall–Kier alpha value is -4.74. The average molecular weight is 459 g/mol. The number of pyridine rings is 2. The van der Waals surface area contributed by atoms with Crippen LogP contribution in [0.3, 0.4) is 0 Å². The Kier molecular flexibility index (Phi) is 4.97. The highest BCUT2D eigenvalue weighted by Crippen LogP contribution is 2.35. The van der Waals surface area contributed by atoms with Crippen molar-refractivity contribution in [1.29, 1.82) is 0 Å². The normalized spacial score (nSPS) is 13.9. The van der Waals surface area contributed by atoms with Crippen molar-refractivity contribution in [1.82, 2.24) is 29.5 Å². The molecule has 0 bridgehead atoms. The topological polar surface area (TPSA) is 161 Å². The van der Waals surface area contributed by atoms with Crippen LogP contribution in [0.4, 0.5) is 17.2 Å². The van der Waals surface area contributed by atoms with Crippen molar-refractivity contribution in [3.63, 3.8) is 0 Å². The largest absolute Gasteiger partial charge is 0.385 e. The molecule has 0 atom stereocenters. The van der Waals surface area contributed by atoms with Crippen LogP contribution < -0.4 is 27.2 Å². The molecule has 1 aliphatic carbocycles. The molecule has 1 fully saturated rings. The van der Waals surface area contributed by atoms with Crippen molar-refractivity contribution in [3.05, 3.63) is 71.0 Å². The van der Waals surface area contributed by atoms with Crippen molar-refractivity contribution >= 4 is 34.7 Å². The van der Waals surface area contributed by atoms with E-state index < -0.39 is 17.4 Å². The molecular formula is C22H21N9O3. The highest BCUT2D eigenvalue weighted by Gasteiger charge is 2.50. The number of fused-ring (bicyclic) bond motifs is 1. The van der Waals surface area contributed by atoms with Crippen LogP contribution in [0.5, 0.6) is 0 Å². The molecular weight excluding hydrogens is 438 g/mol. The first-order valence-corrected chi connectivity index (χ1v) is 10.5. The predicted molar refractivity (Wildman–Crippen MR) is 124 cm³/mol. The maximum absolute atomic E-state index is 13.0. The molecule has 12 nitrogen and oxygen atoms in total. The molecule has 4 aromatic heterocycles. The van der Waals surface area contributed by atoms with Gasteiger partial charge in [-0.15, -0.1) is 5.10 Å². The summed E-state index contributed by atoms with van der Waals surface area (Å²) in [5, 5.41) is 13.2. The van der Waals surface area contributed by atoms with E-state index in [-0.39, 0.29) is 16.9 Å². The number of hydrogen-bond donors (Lipinski definition) is 4. The van der Waals surface area contributed by atoms with Crippen LogP contribution in [0.25, 0.3) is 11.5 Å². The fraction of sp³-hybridized carbons (Fsp3) is 0.182. The van der Waals surface area contributed by atoms with Crippen molar-refractivity contribution in [3.8, 4) is 5.82 Å². The first kappa shape index (κ1) is 21.1. The number of hydrogen-bond acceptors (Lipinski definition) is 8. The average Bonchev–Trinajstić information content (AvgIpc) is 3.50. The van der Waals surface area contributed by atoms with Gasteiger partial charge in [-0.3, -0.25) is 19.0 Å². The molecule has 4 heterocycles. The van der Waals surface area contributed by atoms with E-state index in [4.69, 9.17) is 5.73 Å². The fourth-order valence-electron chi connectivity index (χ4n) is 3.61. The second kappa shape index (κ2) is 7.99. The summed E-state index contributed by atoms with van der Waals surface area (Å²) < 4.78 is 2.76. The molecule has 1 saturated carbocycles. The molecule has 0 saturated heterocycles. The molecule has 0 radical (unpaired) electrons. The number of carbonyl (C=O) groups is 2. The third kappa shape index (κ3) is 3.60. The van der Waals surface area contributed by atoms with Gasteiger partial charge in [-0.2, -0.15) is 0 Å². The second-order valence-corrected chi connectivity index (χ2v) is 7.88. The number of nitrogens with one attached hydrogen (secondary N) is 3. The minimum atomic E-state index is -1.02. The molecule has 12 heteroatoms. The Morgan fingerprint density at radius 1 is 1.12 bits per heavy atom. The van der Waals surface area contributed by atoms with Gasteiger partial charge in [0.15, 0.2) is 17.2 Å². The van der Waals surface area contributed by atoms with E-state index in [1.165, 1.54) is 15.3 Å². The zero-order chi connectivity index (χ0) is 23.9. The molecule has 0 aliphatic heterocycles. The standard InChI is InChI=1S/C22H21N9O3/c1-24-14-11-16(27-13-5-4-10-30(20(13)33)17-6-2-3-9-25-17)29-31-15(12-26-18(14)31)19(32)28-22(7-8-22)21(23)34/h2-6,9-12,24H,7-8H2,1H3,(H2,23,34)(H,27,29)(H,28,32). The van der Waals surface area contributed by atoms with Gasteiger partial charge in [-0.05, 0) is 37.1 Å². The molecule has 0 spiro atoms. The summed E-state index contributed by atoms with van der Waals surface area (Å²) in [5.41, 5.74) is 5.45. The summed E-state index contributed by atoms with van der Waals surface area (Å²) in [4.78, 5) is 46.1. The lowest BCUT2D eigenvalue weighted by Gasteiger charge is -2.14. The first-order valence-electron chi connectivity index (χ1n) is 10.5. The van der Waals surface area contributed by atoms with E-state index in [9.17, 15) is 14.4 Å². The number of imidazole rings is 1. The van der Waals surface area contributed by atoms with Crippen LogP contribution in [-0.2, 0) is 4.79 Å². The Morgan fingerprint density at radius 3 is 2.62 bits per heavy atom. The smallest absolute Gasteiger partial charge is 0.279 e. The summed E-state index contributed by atoms with van der Waals surface area (Å²) in [5.74, 6) is -0.315. The van der Waals surface area contributed by atoms with Gasteiger partial charge in [-0.1, -0.05) is 6.07 Å². The lowest BCUT2D eigenvalue weighted by Crippen LogP contribution is -2.47. The number of nitrogens with zero attached hydrogens (tertiary/aromatic N) is 5. The Morgan fingerprint density at radius 2 is 1.94 bits per heavy atom. The molecule has 0 aromatic carbocycles. The number of primary amides is 1. The van der Waals surface area contributed by atoms with Crippen LogP contribution in [-0.4, -0.2) is 48.6 Å². The lowest BCUT2D eigenvalue weighted by molar-refractivity contribution is -0.120. The van der Waals surface area contributed by atoms with E-state index in [2.05, 4.69) is 31.0 Å². The molecule has 34 heavy (non-hydrogen) atoms. The first-order chi connectivity index (χ1) is 16.4. The molecule has 172 valence electrons. The maximum atomic E-state index is 13.0. The number of anilines is 3. The van der Waals surface area contributed by atoms with Gasteiger partial charge in [0.05, 0.1) is 11.9 Å². The molecule has 1 aliphatic rings. The van der Waals surface area contributed by atoms with Gasteiger partial charge in [0.25, 0.3) is 11.5 Å². The summed E-state index contributed by atoms with van der Waals surface area (Å²) in [6.45, 7) is 0. The van der Waals surface area contributed by atoms with Crippen molar-refractivity contribution in [2.75, 3.05) is 17.7 Å². The third-order valence-electron chi connectivity index (χ3n) is 5.65. The van der Waals surface area contributed by atoms with E-state index in [0.717, 1.165) is 0 Å². The van der Waals surface area contributed by atoms with Crippen molar-refractivity contribution in [2.45, 2.75) is 18.4 Å². The zero-order valence-electron chi connectivity index (χ0n) is 18.1. The van der Waals surface area contributed by atoms with Crippen LogP contribution >= 0.6 is 0 Å². The van der Waals surface area contributed by atoms with Gasteiger partial charge < -0.3 is 21.7 Å². The number of rotatable bonds is 7. The van der Waals surface area contributed by atoms with Gasteiger partial charge >= 0.3 is 0 Å². The number of aromatic nitrogens is 5. The Balaban J connectivity index is 1.52. The molecule has 4 aromatic rings. The summed E-state index contributed by atoms with van der Waals surface area (Å²) in [6, 6.07) is 10.3. The van der Waals surface area contributed by atoms with E-state index in [1.54, 1.807) is 55.8 Å². The Bertz CT molecular complexity index is 1470. The zero-order valence-corrected chi connectivity index (χ0v) is 18.1. The molecule has 5 rings (SSSR count). The number of carbonyl (C=O) groups excluding carboxylic acids is 2. The quantitative estimate of drug-likeness (QED) is 0.316. The third-order valence-corrected chi connectivity index (χ3v) is 5.65. The number of nitrogens with two attached hydrogens (primary N) is 1. The van der Waals surface area contributed by atoms with Gasteiger partial charge in [-0.25, -0.2) is 14.5 Å². The van der Waals surface area contributed by atoms with Crippen LogP contribution in [0, 0.1) is 0 Å². The fourth-order valence-corrected chi connectivity index (χ4v) is 3.61. The number of amides is 2. The van der Waals surface area contributed by atoms with Crippen LogP contribution in [0.15, 0.2) is 59.8 Å². The minimum Gasteiger partial charge on any atom is -0.385 e. The summed E-state index contributed by atoms with van der Waals surface area (Å²) in [7, 11) is 1.70. The molecule has 5 N–H and O–H groups in total. The highest BCUT2D eigenvalue weighted by molar-refractivity contribution is 6.00. The van der Waals surface area contributed by atoms with Gasteiger partial charge in [0.2, 0.25) is 5.91 Å². The molecule has 0 unspecified atom stereocenters. The second-order valence-electron chi connectivity index (χ2n) is 7.88. The SMILES string of the molecule is CNc1cc(Nc2cccn(-c3ccccn3)c2=O)nn2c(C(=O)NC3(C(N)=O)CC3)cnc12. The van der Waals surface area contributed by atoms with Crippen LogP contribution in [0.2, 0.25) is 0 Å². The van der Waals surface area contributed by atoms with Crippen molar-refractivity contribution < 1.29 is 9.59 Å². The lowest BCUT2D eigenvalue weighted by atomic mass is 10.2. The van der Waals surface area contributed by atoms with E-state index >= 15 is 0 Å². The summed E-state index contributed by atoms with van der Waals surface area (Å²) >= 11 is 0. The van der Waals surface area contributed by atoms with Crippen LogP contribution in [0.1, 0.15) is 23.3 Å². The highest BCUT2D eigenvalue weighted by atomic mass is 16.2. The Labute approximate surface area is 192 Å². The molecule has 2 amide bonds. The minimum absolute atomic E-state index is 0.127. The monoisotopic (exact) mass is 459 g/mol. The van der Waals surface area contributed by atoms with Gasteiger partial charge in [0, 0.05) is 25.5 Å².